The minimum atomic E-state index is -3.67. The van der Waals surface area contributed by atoms with Crippen molar-refractivity contribution in [3.8, 4) is 22.8 Å². The molecule has 0 radical (unpaired) electrons. The van der Waals surface area contributed by atoms with Crippen molar-refractivity contribution in [3.05, 3.63) is 121 Å². The maximum absolute atomic E-state index is 12.6. The topological polar surface area (TPSA) is 238 Å². The molecule has 0 saturated carbocycles. The van der Waals surface area contributed by atoms with Gasteiger partial charge in [-0.25, -0.2) is 46.7 Å². The van der Waals surface area contributed by atoms with Gasteiger partial charge in [-0.2, -0.15) is 0 Å². The summed E-state index contributed by atoms with van der Waals surface area (Å²) in [5, 5.41) is 19.9. The van der Waals surface area contributed by atoms with Crippen LogP contribution in [0.2, 0.25) is 0 Å². The second-order valence-corrected chi connectivity index (χ2v) is 16.5. The molecule has 268 valence electrons. The quantitative estimate of drug-likeness (QED) is 0.170. The predicted molar refractivity (Wildman–Crippen MR) is 194 cm³/mol. The Balaban J connectivity index is 0.000000201. The zero-order valence-corrected chi connectivity index (χ0v) is 30.2. The second-order valence-electron chi connectivity index (χ2n) is 12.6. The number of anilines is 2. The van der Waals surface area contributed by atoms with E-state index in [1.807, 2.05) is 0 Å². The molecule has 4 aromatic heterocycles. The fourth-order valence-corrected chi connectivity index (χ4v) is 6.94. The fourth-order valence-electron chi connectivity index (χ4n) is 4.53. The van der Waals surface area contributed by atoms with Crippen LogP contribution in [0.4, 0.5) is 11.6 Å². The lowest BCUT2D eigenvalue weighted by Crippen LogP contribution is -2.16. The lowest BCUT2D eigenvalue weighted by atomic mass is 10.0. The van der Waals surface area contributed by atoms with Crippen LogP contribution in [0.15, 0.2) is 130 Å². The van der Waals surface area contributed by atoms with Gasteiger partial charge in [0.15, 0.2) is 11.6 Å². The molecule has 14 nitrogen and oxygen atoms in total. The molecule has 16 heteroatoms. The van der Waals surface area contributed by atoms with Crippen molar-refractivity contribution in [2.75, 3.05) is 11.5 Å². The average Bonchev–Trinajstić information content (AvgIpc) is 3.12. The first kappa shape index (κ1) is 37.6. The summed E-state index contributed by atoms with van der Waals surface area (Å²) >= 11 is 0. The van der Waals surface area contributed by atoms with E-state index in [2.05, 4.69) is 29.9 Å². The third kappa shape index (κ3) is 8.60. The van der Waals surface area contributed by atoms with Crippen LogP contribution in [0.3, 0.4) is 0 Å². The Morgan fingerprint density at radius 1 is 0.442 bits per heavy atom. The van der Waals surface area contributed by atoms with Crippen molar-refractivity contribution in [2.45, 2.75) is 58.5 Å². The summed E-state index contributed by atoms with van der Waals surface area (Å²) in [6.07, 6.45) is 8.66. The minimum absolute atomic E-state index is 0.0743. The van der Waals surface area contributed by atoms with Gasteiger partial charge in [0, 0.05) is 59.4 Å². The molecule has 0 amide bonds. The van der Waals surface area contributed by atoms with Gasteiger partial charge in [0.2, 0.25) is 19.7 Å². The lowest BCUT2D eigenvalue weighted by molar-refractivity contribution is 0.0773. The average molecular weight is 741 g/mol. The smallest absolute Gasteiger partial charge is 0.208 e. The Labute approximate surface area is 301 Å². The van der Waals surface area contributed by atoms with Gasteiger partial charge in [-0.3, -0.25) is 0 Å². The van der Waals surface area contributed by atoms with Crippen LogP contribution in [-0.4, -0.2) is 57.0 Å². The van der Waals surface area contributed by atoms with Gasteiger partial charge < -0.3 is 21.7 Å². The van der Waals surface area contributed by atoms with Crippen LogP contribution in [0.1, 0.15) is 38.8 Å². The summed E-state index contributed by atoms with van der Waals surface area (Å²) in [7, 11) is -7.35. The molecule has 0 fully saturated rings. The first-order chi connectivity index (χ1) is 24.4. The highest BCUT2D eigenvalue weighted by Gasteiger charge is 2.21. The molecule has 0 aliphatic rings. The number of aliphatic hydroxyl groups is 2. The molecular formula is C36H36N8O6S2. The third-order valence-corrected chi connectivity index (χ3v) is 11.2. The number of aromatic nitrogens is 6. The number of nitrogen functional groups attached to an aromatic ring is 2. The van der Waals surface area contributed by atoms with Gasteiger partial charge in [-0.15, -0.1) is 0 Å². The number of sulfone groups is 2. The van der Waals surface area contributed by atoms with E-state index in [4.69, 9.17) is 11.5 Å². The number of hydrogen-bond donors (Lipinski definition) is 4. The van der Waals surface area contributed by atoms with E-state index >= 15 is 0 Å². The molecule has 0 aliphatic heterocycles. The Hall–Kier alpha value is -5.68. The van der Waals surface area contributed by atoms with Crippen LogP contribution >= 0.6 is 0 Å². The lowest BCUT2D eigenvalue weighted by Gasteiger charge is -2.16. The number of nitrogens with two attached hydrogens (primary N) is 2. The summed E-state index contributed by atoms with van der Waals surface area (Å²) in [6.45, 7) is 6.60. The Morgan fingerprint density at radius 2 is 0.731 bits per heavy atom. The molecule has 0 saturated heterocycles. The summed E-state index contributed by atoms with van der Waals surface area (Å²) in [5.41, 5.74) is 11.5. The van der Waals surface area contributed by atoms with Crippen LogP contribution in [0, 0.1) is 0 Å². The molecule has 52 heavy (non-hydrogen) atoms. The minimum Gasteiger partial charge on any atom is -0.386 e. The third-order valence-electron chi connectivity index (χ3n) is 7.70. The molecule has 0 atom stereocenters. The van der Waals surface area contributed by atoms with Crippen molar-refractivity contribution in [2.24, 2.45) is 0 Å². The van der Waals surface area contributed by atoms with E-state index in [1.165, 1.54) is 60.9 Å². The van der Waals surface area contributed by atoms with E-state index in [-0.39, 0.29) is 31.2 Å². The van der Waals surface area contributed by atoms with Gasteiger partial charge in [-0.1, -0.05) is 0 Å². The fraction of sp³-hybridized carbons (Fsp3) is 0.167. The first-order valence-electron chi connectivity index (χ1n) is 15.6. The molecule has 0 spiro atoms. The number of hydrogen-bond acceptors (Lipinski definition) is 14. The van der Waals surface area contributed by atoms with Crippen LogP contribution in [0.5, 0.6) is 0 Å². The monoisotopic (exact) mass is 740 g/mol. The van der Waals surface area contributed by atoms with E-state index in [0.717, 1.165) is 0 Å². The number of pyridine rings is 2. The van der Waals surface area contributed by atoms with Crippen LogP contribution in [0.25, 0.3) is 22.8 Å². The van der Waals surface area contributed by atoms with E-state index in [0.29, 0.717) is 33.9 Å². The van der Waals surface area contributed by atoms with Gasteiger partial charge in [0.1, 0.15) is 11.6 Å². The Kier molecular flexibility index (Phi) is 10.5. The highest BCUT2D eigenvalue weighted by atomic mass is 32.2. The summed E-state index contributed by atoms with van der Waals surface area (Å²) < 4.78 is 50.4. The van der Waals surface area contributed by atoms with E-state index in [1.54, 1.807) is 76.7 Å². The first-order valence-corrected chi connectivity index (χ1v) is 18.6. The molecule has 6 N–H and O–H groups in total. The van der Waals surface area contributed by atoms with Gasteiger partial charge in [0.25, 0.3) is 0 Å². The Morgan fingerprint density at radius 3 is 0.981 bits per heavy atom. The van der Waals surface area contributed by atoms with Crippen molar-refractivity contribution in [1.82, 2.24) is 29.9 Å². The predicted octanol–water partition coefficient (Wildman–Crippen LogP) is 4.36. The second kappa shape index (κ2) is 14.5. The molecule has 6 rings (SSSR count). The summed E-state index contributed by atoms with van der Waals surface area (Å²) in [5.74, 6) is 1.39. The zero-order chi connectivity index (χ0) is 37.9. The number of nitrogens with zero attached hydrogens (tertiary/aromatic N) is 6. The maximum Gasteiger partial charge on any atom is 0.208 e. The van der Waals surface area contributed by atoms with Gasteiger partial charge in [0.05, 0.1) is 30.8 Å². The summed E-state index contributed by atoms with van der Waals surface area (Å²) in [6, 6.07) is 18.2. The molecule has 4 heterocycles. The standard InChI is InChI=1S/2C18H18N4O3S/c2*1-18(2,23)13-9-21-17(22-10-13)12-3-5-14(6-4-12)26(24,25)15-7-8-16(19)20-11-15/h2*3-11,23H,1-2H3,(H2,19,20). The molecule has 0 aliphatic carbocycles. The maximum atomic E-state index is 12.6. The molecule has 6 aromatic rings. The molecule has 2 aromatic carbocycles. The molecular weight excluding hydrogens is 705 g/mol. The van der Waals surface area contributed by atoms with E-state index in [9.17, 15) is 27.0 Å². The number of benzene rings is 2. The zero-order valence-electron chi connectivity index (χ0n) is 28.6. The van der Waals surface area contributed by atoms with Gasteiger partial charge in [-0.05, 0) is 100 Å². The van der Waals surface area contributed by atoms with E-state index < -0.39 is 30.9 Å². The largest absolute Gasteiger partial charge is 0.386 e. The van der Waals surface area contributed by atoms with Gasteiger partial charge >= 0.3 is 0 Å². The Bertz CT molecular complexity index is 2190. The van der Waals surface area contributed by atoms with Crippen molar-refractivity contribution >= 4 is 31.3 Å². The van der Waals surface area contributed by atoms with Crippen molar-refractivity contribution in [3.63, 3.8) is 0 Å². The SMILES string of the molecule is CC(C)(O)c1cnc(-c2ccc(S(=O)(=O)c3ccc(N)nc3)cc2)nc1.CC(C)(O)c1cnc(-c2ccc(S(=O)(=O)c3ccc(N)nc3)cc2)nc1. The highest BCUT2D eigenvalue weighted by Crippen LogP contribution is 2.26. The normalized spacial score (nSPS) is 12.1. The van der Waals surface area contributed by atoms with Crippen LogP contribution < -0.4 is 11.5 Å². The highest BCUT2D eigenvalue weighted by molar-refractivity contribution is 7.91. The molecule has 0 unspecified atom stereocenters. The molecule has 0 bridgehead atoms. The van der Waals surface area contributed by atoms with Crippen molar-refractivity contribution in [1.29, 1.82) is 0 Å². The van der Waals surface area contributed by atoms with Crippen LogP contribution in [-0.2, 0) is 30.9 Å². The number of rotatable bonds is 8. The summed E-state index contributed by atoms with van der Waals surface area (Å²) in [4.78, 5) is 25.0. The van der Waals surface area contributed by atoms with Crippen molar-refractivity contribution < 1.29 is 27.0 Å².